The highest BCUT2D eigenvalue weighted by Crippen LogP contribution is 2.32. The topological polar surface area (TPSA) is 36.4 Å². The Hall–Kier alpha value is -1.60. The maximum Gasteiger partial charge on any atom is 0.239 e. The van der Waals surface area contributed by atoms with Crippen LogP contribution in [0.3, 0.4) is 0 Å². The molecule has 0 aliphatic rings. The van der Waals surface area contributed by atoms with Gasteiger partial charge < -0.3 is 4.90 Å². The molecule has 1 amide bonds. The molecule has 0 radical (unpaired) electrons. The lowest BCUT2D eigenvalue weighted by Gasteiger charge is -2.21. The average Bonchev–Trinajstić information content (AvgIpc) is 3.04. The number of thioether (sulfide) groups is 1. The number of anilines is 1. The Labute approximate surface area is 181 Å². The summed E-state index contributed by atoms with van der Waals surface area (Å²) in [5.74, 6) is 0.505. The quantitative estimate of drug-likeness (QED) is 0.488. The second kappa shape index (κ2) is 10.3. The van der Waals surface area contributed by atoms with Crippen LogP contribution in [0.1, 0.15) is 11.1 Å². The molecule has 0 bridgehead atoms. The molecule has 0 aliphatic heterocycles. The molecule has 4 nitrogen and oxygen atoms in total. The summed E-state index contributed by atoms with van der Waals surface area (Å²) in [4.78, 5) is 22.8. The lowest BCUT2D eigenvalue weighted by atomic mass is 10.1. The molecule has 0 unspecified atom stereocenters. The van der Waals surface area contributed by atoms with Crippen LogP contribution in [0.5, 0.6) is 0 Å². The summed E-state index contributed by atoms with van der Waals surface area (Å²) < 4.78 is 1.16. The second-order valence-electron chi connectivity index (χ2n) is 6.88. The van der Waals surface area contributed by atoms with Crippen molar-refractivity contribution in [1.29, 1.82) is 0 Å². The van der Waals surface area contributed by atoms with Gasteiger partial charge >= 0.3 is 0 Å². The van der Waals surface area contributed by atoms with Crippen molar-refractivity contribution in [3.05, 3.63) is 53.6 Å². The van der Waals surface area contributed by atoms with E-state index in [0.29, 0.717) is 12.3 Å². The van der Waals surface area contributed by atoms with Gasteiger partial charge in [-0.1, -0.05) is 35.6 Å². The molecule has 0 saturated heterocycles. The predicted molar refractivity (Wildman–Crippen MR) is 124 cm³/mol. The summed E-state index contributed by atoms with van der Waals surface area (Å²) in [6, 6.07) is 14.3. The van der Waals surface area contributed by atoms with Crippen LogP contribution in [0.4, 0.5) is 5.13 Å². The number of fused-ring (bicyclic) bond motifs is 1. The molecular weight excluding hydrogens is 410 g/mol. The maximum absolute atomic E-state index is 13.0. The first-order chi connectivity index (χ1) is 12.9. The van der Waals surface area contributed by atoms with Gasteiger partial charge in [0.25, 0.3) is 0 Å². The maximum atomic E-state index is 13.0. The number of benzene rings is 2. The Balaban J connectivity index is 0.00000280. The van der Waals surface area contributed by atoms with Gasteiger partial charge in [-0.15, -0.1) is 24.2 Å². The number of aromatic nitrogens is 1. The first kappa shape index (κ1) is 22.7. The van der Waals surface area contributed by atoms with E-state index < -0.39 is 0 Å². The van der Waals surface area contributed by atoms with E-state index in [4.69, 9.17) is 4.98 Å². The number of thiazole rings is 1. The fourth-order valence-corrected chi connectivity index (χ4v) is 4.70. The van der Waals surface area contributed by atoms with E-state index in [-0.39, 0.29) is 18.3 Å². The molecule has 3 rings (SSSR count). The van der Waals surface area contributed by atoms with Gasteiger partial charge in [-0.2, -0.15) is 0 Å². The van der Waals surface area contributed by atoms with Gasteiger partial charge in [-0.05, 0) is 57.3 Å². The third kappa shape index (κ3) is 5.70. The fraction of sp³-hybridized carbons (Fsp3) is 0.333. The number of hydrogen-bond acceptors (Lipinski definition) is 5. The Morgan fingerprint density at radius 1 is 1.11 bits per heavy atom. The minimum Gasteiger partial charge on any atom is -0.308 e. The highest BCUT2D eigenvalue weighted by Gasteiger charge is 2.20. The van der Waals surface area contributed by atoms with Crippen LogP contribution < -0.4 is 4.90 Å². The summed E-state index contributed by atoms with van der Waals surface area (Å²) >= 11 is 3.18. The van der Waals surface area contributed by atoms with Gasteiger partial charge in [0, 0.05) is 18.0 Å². The number of carbonyl (C=O) groups is 1. The number of carbonyl (C=O) groups excluding carboxylic acids is 1. The minimum atomic E-state index is 0. The zero-order chi connectivity index (χ0) is 19.4. The Morgan fingerprint density at radius 3 is 2.50 bits per heavy atom. The lowest BCUT2D eigenvalue weighted by molar-refractivity contribution is -0.116. The number of likely N-dealkylation sites (N-methyl/N-ethyl adjacent to an activating group) is 1. The molecular formula is C21H26ClN3OS2. The molecule has 0 saturated carbocycles. The number of aryl methyl sites for hydroxylation is 2. The first-order valence-electron chi connectivity index (χ1n) is 8.95. The van der Waals surface area contributed by atoms with Crippen molar-refractivity contribution in [3.8, 4) is 0 Å². The molecule has 150 valence electrons. The van der Waals surface area contributed by atoms with Crippen LogP contribution in [-0.4, -0.2) is 48.7 Å². The van der Waals surface area contributed by atoms with E-state index in [9.17, 15) is 4.79 Å². The van der Waals surface area contributed by atoms with Crippen molar-refractivity contribution >= 4 is 56.8 Å². The van der Waals surface area contributed by atoms with E-state index in [1.165, 1.54) is 11.1 Å². The van der Waals surface area contributed by atoms with Gasteiger partial charge in [0.05, 0.1) is 16.0 Å². The van der Waals surface area contributed by atoms with Crippen molar-refractivity contribution in [2.75, 3.05) is 37.8 Å². The molecule has 2 aromatic carbocycles. The number of halogens is 1. The zero-order valence-electron chi connectivity index (χ0n) is 16.6. The van der Waals surface area contributed by atoms with Crippen LogP contribution in [0.2, 0.25) is 0 Å². The van der Waals surface area contributed by atoms with Crippen molar-refractivity contribution in [2.45, 2.75) is 18.7 Å². The highest BCUT2D eigenvalue weighted by atomic mass is 35.5. The number of nitrogens with zero attached hydrogens (tertiary/aromatic N) is 3. The van der Waals surface area contributed by atoms with Crippen LogP contribution in [-0.2, 0) is 4.79 Å². The van der Waals surface area contributed by atoms with Crippen molar-refractivity contribution < 1.29 is 4.79 Å². The van der Waals surface area contributed by atoms with E-state index >= 15 is 0 Å². The SMILES string of the molecule is Cc1cc(C)c2sc(N(CCN(C)C)C(=O)CSc3ccccc3)nc2c1.Cl. The van der Waals surface area contributed by atoms with E-state index in [1.54, 1.807) is 23.1 Å². The van der Waals surface area contributed by atoms with Crippen LogP contribution in [0.15, 0.2) is 47.4 Å². The third-order valence-corrected chi connectivity index (χ3v) is 6.44. The van der Waals surface area contributed by atoms with Crippen molar-refractivity contribution in [2.24, 2.45) is 0 Å². The lowest BCUT2D eigenvalue weighted by Crippen LogP contribution is -2.37. The zero-order valence-corrected chi connectivity index (χ0v) is 19.1. The Kier molecular flexibility index (Phi) is 8.31. The molecule has 0 N–H and O–H groups in total. The summed E-state index contributed by atoms with van der Waals surface area (Å²) in [5, 5.41) is 0.791. The second-order valence-corrected chi connectivity index (χ2v) is 8.90. The van der Waals surface area contributed by atoms with Gasteiger partial charge in [0.15, 0.2) is 5.13 Å². The summed E-state index contributed by atoms with van der Waals surface area (Å²) in [5.41, 5.74) is 3.39. The highest BCUT2D eigenvalue weighted by molar-refractivity contribution is 8.00. The summed E-state index contributed by atoms with van der Waals surface area (Å²) in [6.45, 7) is 5.63. The van der Waals surface area contributed by atoms with Crippen LogP contribution in [0, 0.1) is 13.8 Å². The molecule has 7 heteroatoms. The number of amides is 1. The Morgan fingerprint density at radius 2 is 1.82 bits per heavy atom. The van der Waals surface area contributed by atoms with E-state index in [2.05, 4.69) is 30.9 Å². The largest absolute Gasteiger partial charge is 0.308 e. The first-order valence-corrected chi connectivity index (χ1v) is 10.7. The van der Waals surface area contributed by atoms with Gasteiger partial charge in [0.1, 0.15) is 0 Å². The normalized spacial score (nSPS) is 10.9. The molecule has 0 atom stereocenters. The van der Waals surface area contributed by atoms with E-state index in [1.807, 2.05) is 49.3 Å². The molecule has 0 aliphatic carbocycles. The van der Waals surface area contributed by atoms with Crippen LogP contribution >= 0.6 is 35.5 Å². The molecule has 0 fully saturated rings. The smallest absolute Gasteiger partial charge is 0.239 e. The van der Waals surface area contributed by atoms with E-state index in [0.717, 1.165) is 26.8 Å². The van der Waals surface area contributed by atoms with Gasteiger partial charge in [-0.3, -0.25) is 9.69 Å². The molecule has 1 heterocycles. The summed E-state index contributed by atoms with van der Waals surface area (Å²) in [7, 11) is 4.04. The summed E-state index contributed by atoms with van der Waals surface area (Å²) in [6.07, 6.45) is 0. The monoisotopic (exact) mass is 435 g/mol. The minimum absolute atomic E-state index is 0. The molecule has 0 spiro atoms. The van der Waals surface area contributed by atoms with Crippen molar-refractivity contribution in [3.63, 3.8) is 0 Å². The fourth-order valence-electron chi connectivity index (χ4n) is 2.85. The molecule has 28 heavy (non-hydrogen) atoms. The van der Waals surface area contributed by atoms with Crippen molar-refractivity contribution in [1.82, 2.24) is 9.88 Å². The van der Waals surface area contributed by atoms with Gasteiger partial charge in [-0.25, -0.2) is 4.98 Å². The van der Waals surface area contributed by atoms with Crippen LogP contribution in [0.25, 0.3) is 10.2 Å². The molecule has 1 aromatic heterocycles. The average molecular weight is 436 g/mol. The number of hydrogen-bond donors (Lipinski definition) is 0. The Bertz CT molecular complexity index is 928. The predicted octanol–water partition coefficient (Wildman–Crippen LogP) is 5.02. The third-order valence-electron chi connectivity index (χ3n) is 4.22. The van der Waals surface area contributed by atoms with Gasteiger partial charge in [0.2, 0.25) is 5.91 Å². The standard InChI is InChI=1S/C21H25N3OS2.ClH/c1-15-12-16(2)20-18(13-15)22-21(27-20)24(11-10-23(3)4)19(25)14-26-17-8-6-5-7-9-17;/h5-9,12-13H,10-11,14H2,1-4H3;1H. The number of rotatable bonds is 7. The molecule has 3 aromatic rings.